The van der Waals surface area contributed by atoms with E-state index in [9.17, 15) is 0 Å². The van der Waals surface area contributed by atoms with Gasteiger partial charge in [0, 0.05) is 5.92 Å². The quantitative estimate of drug-likeness (QED) is 0.337. The van der Waals surface area contributed by atoms with E-state index in [1.807, 2.05) is 0 Å². The molecule has 0 N–H and O–H groups in total. The largest absolute Gasteiger partial charge is 0.367 e. The van der Waals surface area contributed by atoms with Gasteiger partial charge in [0.15, 0.2) is 0 Å². The molecule has 1 aliphatic heterocycles. The molecule has 0 radical (unpaired) electrons. The average molecular weight is 410 g/mol. The van der Waals surface area contributed by atoms with Crippen molar-refractivity contribution in [2.45, 2.75) is 55.5 Å². The summed E-state index contributed by atoms with van der Waals surface area (Å²) in [7, 11) is 0. The lowest BCUT2D eigenvalue weighted by Gasteiger charge is -2.28. The molecule has 3 rings (SSSR count). The van der Waals surface area contributed by atoms with Crippen LogP contribution in [-0.2, 0) is 4.74 Å². The molecular formula is C20H27IO. The number of aryl methyl sites for hydroxylation is 1. The van der Waals surface area contributed by atoms with Gasteiger partial charge in [-0.05, 0) is 62.8 Å². The summed E-state index contributed by atoms with van der Waals surface area (Å²) >= 11 is 2.40. The monoisotopic (exact) mass is 410 g/mol. The van der Waals surface area contributed by atoms with E-state index in [1.54, 1.807) is 5.56 Å². The fraction of sp³-hybridized carbons (Fsp3) is 0.600. The lowest BCUT2D eigenvalue weighted by atomic mass is 9.78. The molecule has 0 amide bonds. The Bertz CT molecular complexity index is 477. The predicted molar refractivity (Wildman–Crippen MR) is 102 cm³/mol. The lowest BCUT2D eigenvalue weighted by Crippen LogP contribution is -2.20. The van der Waals surface area contributed by atoms with Crippen LogP contribution in [0.4, 0.5) is 0 Å². The SMILES string of the molecule is Cc1ccc(C2CCC(/C=C/C3CCC(I)OC3)CC2)cc1. The van der Waals surface area contributed by atoms with Gasteiger partial charge in [-0.25, -0.2) is 0 Å². The number of benzene rings is 1. The predicted octanol–water partition coefficient (Wildman–Crippen LogP) is 6.01. The lowest BCUT2D eigenvalue weighted by molar-refractivity contribution is 0.0583. The smallest absolute Gasteiger partial charge is 0.108 e. The maximum absolute atomic E-state index is 5.75. The number of alkyl halides is 1. The molecule has 120 valence electrons. The zero-order chi connectivity index (χ0) is 15.4. The van der Waals surface area contributed by atoms with E-state index in [2.05, 4.69) is 65.9 Å². The molecule has 22 heavy (non-hydrogen) atoms. The van der Waals surface area contributed by atoms with Crippen molar-refractivity contribution < 1.29 is 4.74 Å². The summed E-state index contributed by atoms with van der Waals surface area (Å²) < 4.78 is 6.19. The summed E-state index contributed by atoms with van der Waals surface area (Å²) in [5.41, 5.74) is 2.91. The third-order valence-corrected chi connectivity index (χ3v) is 6.21. The van der Waals surface area contributed by atoms with E-state index in [0.717, 1.165) is 18.4 Å². The fourth-order valence-electron chi connectivity index (χ4n) is 3.69. The minimum atomic E-state index is 0.437. The van der Waals surface area contributed by atoms with Gasteiger partial charge in [0.05, 0.1) is 6.61 Å². The third kappa shape index (κ3) is 4.58. The molecular weight excluding hydrogens is 383 g/mol. The topological polar surface area (TPSA) is 9.23 Å². The van der Waals surface area contributed by atoms with Crippen LogP contribution in [0.5, 0.6) is 0 Å². The number of allylic oxidation sites excluding steroid dienone is 1. The third-order valence-electron chi connectivity index (χ3n) is 5.23. The number of hydrogen-bond donors (Lipinski definition) is 0. The van der Waals surface area contributed by atoms with Crippen molar-refractivity contribution in [3.8, 4) is 0 Å². The van der Waals surface area contributed by atoms with Crippen molar-refractivity contribution in [1.82, 2.24) is 0 Å². The van der Waals surface area contributed by atoms with Gasteiger partial charge in [-0.15, -0.1) is 0 Å². The van der Waals surface area contributed by atoms with Gasteiger partial charge >= 0.3 is 0 Å². The summed E-state index contributed by atoms with van der Waals surface area (Å²) in [6.07, 6.45) is 12.8. The Morgan fingerprint density at radius 2 is 1.55 bits per heavy atom. The van der Waals surface area contributed by atoms with Gasteiger partial charge in [0.1, 0.15) is 4.11 Å². The molecule has 2 fully saturated rings. The first-order valence-electron chi connectivity index (χ1n) is 8.71. The van der Waals surface area contributed by atoms with Crippen molar-refractivity contribution in [3.05, 3.63) is 47.5 Å². The Morgan fingerprint density at radius 1 is 0.909 bits per heavy atom. The number of halogens is 1. The van der Waals surface area contributed by atoms with Crippen LogP contribution in [0.25, 0.3) is 0 Å². The maximum Gasteiger partial charge on any atom is 0.108 e. The van der Waals surface area contributed by atoms with Gasteiger partial charge in [-0.3, -0.25) is 0 Å². The minimum absolute atomic E-state index is 0.437. The van der Waals surface area contributed by atoms with Crippen molar-refractivity contribution >= 4 is 22.6 Å². The van der Waals surface area contributed by atoms with Gasteiger partial charge in [-0.2, -0.15) is 0 Å². The Labute approximate surface area is 148 Å². The van der Waals surface area contributed by atoms with Crippen LogP contribution < -0.4 is 0 Å². The van der Waals surface area contributed by atoms with Crippen LogP contribution in [0.2, 0.25) is 0 Å². The molecule has 1 aromatic rings. The van der Waals surface area contributed by atoms with Crippen molar-refractivity contribution in [1.29, 1.82) is 0 Å². The summed E-state index contributed by atoms with van der Waals surface area (Å²) in [4.78, 5) is 0. The highest BCUT2D eigenvalue weighted by Crippen LogP contribution is 2.36. The Kier molecular flexibility index (Phi) is 5.97. The maximum atomic E-state index is 5.75. The molecule has 0 spiro atoms. The highest BCUT2D eigenvalue weighted by atomic mass is 127. The second-order valence-corrected chi connectivity index (χ2v) is 8.38. The van der Waals surface area contributed by atoms with E-state index in [4.69, 9.17) is 4.74 Å². The molecule has 0 aromatic heterocycles. The van der Waals surface area contributed by atoms with Crippen molar-refractivity contribution in [3.63, 3.8) is 0 Å². The van der Waals surface area contributed by atoms with E-state index >= 15 is 0 Å². The first-order valence-corrected chi connectivity index (χ1v) is 9.96. The molecule has 1 aromatic carbocycles. The first-order chi connectivity index (χ1) is 10.7. The van der Waals surface area contributed by atoms with Crippen LogP contribution in [-0.4, -0.2) is 10.7 Å². The highest BCUT2D eigenvalue weighted by Gasteiger charge is 2.22. The summed E-state index contributed by atoms with van der Waals surface area (Å²) in [6.45, 7) is 3.09. The Balaban J connectivity index is 1.46. The van der Waals surface area contributed by atoms with Crippen LogP contribution in [0, 0.1) is 18.8 Å². The second kappa shape index (κ2) is 7.96. The van der Waals surface area contributed by atoms with Crippen LogP contribution in [0.3, 0.4) is 0 Å². The number of ether oxygens (including phenoxy) is 1. The van der Waals surface area contributed by atoms with E-state index in [1.165, 1.54) is 44.1 Å². The Hall–Kier alpha value is -0.350. The number of rotatable bonds is 3. The standard InChI is InChI=1S/C20H27IO/c1-15-2-9-18(10-3-15)19-11-6-16(7-12-19)4-5-17-8-13-20(21)22-14-17/h2-5,9-10,16-17,19-20H,6-8,11-14H2,1H3/b5-4+. The molecule has 1 nitrogen and oxygen atoms in total. The van der Waals surface area contributed by atoms with Crippen molar-refractivity contribution in [2.75, 3.05) is 6.61 Å². The van der Waals surface area contributed by atoms with E-state index < -0.39 is 0 Å². The molecule has 2 atom stereocenters. The summed E-state index contributed by atoms with van der Waals surface area (Å²) in [6, 6.07) is 9.17. The van der Waals surface area contributed by atoms with Crippen molar-refractivity contribution in [2.24, 2.45) is 11.8 Å². The van der Waals surface area contributed by atoms with Gasteiger partial charge < -0.3 is 4.74 Å². The molecule has 0 bridgehead atoms. The number of hydrogen-bond acceptors (Lipinski definition) is 1. The van der Waals surface area contributed by atoms with E-state index in [0.29, 0.717) is 10.0 Å². The Morgan fingerprint density at radius 3 is 2.18 bits per heavy atom. The zero-order valence-electron chi connectivity index (χ0n) is 13.5. The van der Waals surface area contributed by atoms with Crippen LogP contribution in [0.1, 0.15) is 55.6 Å². The summed E-state index contributed by atoms with van der Waals surface area (Å²) in [5, 5.41) is 0. The fourth-order valence-corrected chi connectivity index (χ4v) is 4.26. The van der Waals surface area contributed by atoms with Crippen LogP contribution in [0.15, 0.2) is 36.4 Å². The van der Waals surface area contributed by atoms with Crippen LogP contribution >= 0.6 is 22.6 Å². The molecule has 1 heterocycles. The van der Waals surface area contributed by atoms with Gasteiger partial charge in [0.2, 0.25) is 0 Å². The second-order valence-electron chi connectivity index (χ2n) is 6.99. The molecule has 2 unspecified atom stereocenters. The highest BCUT2D eigenvalue weighted by molar-refractivity contribution is 14.1. The minimum Gasteiger partial charge on any atom is -0.367 e. The normalized spacial score (nSPS) is 33.2. The molecule has 2 heteroatoms. The molecule has 2 aliphatic rings. The summed E-state index contributed by atoms with van der Waals surface area (Å²) in [5.74, 6) is 2.22. The zero-order valence-corrected chi connectivity index (χ0v) is 15.7. The van der Waals surface area contributed by atoms with Gasteiger partial charge in [-0.1, -0.05) is 64.6 Å². The molecule has 1 saturated carbocycles. The van der Waals surface area contributed by atoms with E-state index in [-0.39, 0.29) is 0 Å². The molecule has 1 aliphatic carbocycles. The first kappa shape index (κ1) is 16.5. The average Bonchev–Trinajstić information content (AvgIpc) is 2.56. The molecule has 1 saturated heterocycles. The van der Waals surface area contributed by atoms with Gasteiger partial charge in [0.25, 0.3) is 0 Å².